The van der Waals surface area contributed by atoms with Crippen LogP contribution in [0.5, 0.6) is 0 Å². The number of pyridine rings is 1. The minimum atomic E-state index is 0.0383. The molecule has 0 saturated carbocycles. The first-order valence-electron chi connectivity index (χ1n) is 11.2. The molecule has 4 rings (SSSR count). The van der Waals surface area contributed by atoms with E-state index in [1.54, 1.807) is 11.6 Å². The molecule has 166 valence electrons. The third-order valence-corrected chi connectivity index (χ3v) is 6.00. The van der Waals surface area contributed by atoms with Gasteiger partial charge in [-0.15, -0.1) is 0 Å². The van der Waals surface area contributed by atoms with E-state index >= 15 is 0 Å². The van der Waals surface area contributed by atoms with Crippen LogP contribution < -0.4 is 5.56 Å². The van der Waals surface area contributed by atoms with Crippen molar-refractivity contribution in [1.29, 1.82) is 0 Å². The molecule has 0 radical (unpaired) electrons. The Morgan fingerprint density at radius 2 is 1.90 bits per heavy atom. The minimum absolute atomic E-state index is 0.0383. The Balaban J connectivity index is 1.81. The first-order valence-corrected chi connectivity index (χ1v) is 11.2. The Labute approximate surface area is 183 Å². The maximum Gasteiger partial charge on any atom is 0.253 e. The summed E-state index contributed by atoms with van der Waals surface area (Å²) in [5, 5.41) is 0. The maximum atomic E-state index is 12.1. The molecular weight excluding hydrogens is 390 g/mol. The van der Waals surface area contributed by atoms with E-state index in [0.717, 1.165) is 66.1 Å². The zero-order chi connectivity index (χ0) is 22.1. The van der Waals surface area contributed by atoms with E-state index in [0.29, 0.717) is 5.92 Å². The number of ether oxygens (including phenoxy) is 2. The first-order chi connectivity index (χ1) is 14.8. The normalized spacial score (nSPS) is 16.3. The molecule has 3 aromatic rings. The molecule has 1 fully saturated rings. The number of aryl methyl sites for hydroxylation is 2. The summed E-state index contributed by atoms with van der Waals surface area (Å²) in [7, 11) is 1.80. The molecule has 0 unspecified atom stereocenters. The molecule has 3 heterocycles. The van der Waals surface area contributed by atoms with E-state index in [-0.39, 0.29) is 17.8 Å². The lowest BCUT2D eigenvalue weighted by Crippen LogP contribution is -2.24. The van der Waals surface area contributed by atoms with Crippen molar-refractivity contribution in [3.05, 3.63) is 52.2 Å². The van der Waals surface area contributed by atoms with Crippen molar-refractivity contribution < 1.29 is 9.47 Å². The highest BCUT2D eigenvalue weighted by molar-refractivity contribution is 5.82. The van der Waals surface area contributed by atoms with Crippen LogP contribution in [-0.4, -0.2) is 39.5 Å². The summed E-state index contributed by atoms with van der Waals surface area (Å²) >= 11 is 0. The molecule has 0 amide bonds. The molecule has 1 aliphatic heterocycles. The van der Waals surface area contributed by atoms with Crippen LogP contribution in [0.15, 0.2) is 35.3 Å². The van der Waals surface area contributed by atoms with Gasteiger partial charge >= 0.3 is 0 Å². The summed E-state index contributed by atoms with van der Waals surface area (Å²) in [6.07, 6.45) is 4.16. The topological polar surface area (TPSA) is 58.3 Å². The van der Waals surface area contributed by atoms with Crippen LogP contribution in [0.3, 0.4) is 0 Å². The number of benzene rings is 1. The van der Waals surface area contributed by atoms with E-state index in [9.17, 15) is 4.79 Å². The fourth-order valence-electron chi connectivity index (χ4n) is 4.58. The molecule has 31 heavy (non-hydrogen) atoms. The average Bonchev–Trinajstić information content (AvgIpc) is 3.09. The molecule has 0 bridgehead atoms. The fourth-order valence-corrected chi connectivity index (χ4v) is 4.58. The van der Waals surface area contributed by atoms with Gasteiger partial charge in [0.25, 0.3) is 5.56 Å². The molecule has 1 saturated heterocycles. The van der Waals surface area contributed by atoms with Gasteiger partial charge in [0, 0.05) is 37.9 Å². The molecular formula is C25H33N3O3. The van der Waals surface area contributed by atoms with E-state index in [1.165, 1.54) is 0 Å². The van der Waals surface area contributed by atoms with Crippen molar-refractivity contribution in [2.45, 2.75) is 65.2 Å². The molecule has 1 aromatic carbocycles. The van der Waals surface area contributed by atoms with Crippen molar-refractivity contribution in [3.63, 3.8) is 0 Å². The Morgan fingerprint density at radius 3 is 2.58 bits per heavy atom. The van der Waals surface area contributed by atoms with Gasteiger partial charge in [0.2, 0.25) is 0 Å². The third-order valence-electron chi connectivity index (χ3n) is 6.00. The highest BCUT2D eigenvalue weighted by Gasteiger charge is 2.24. The van der Waals surface area contributed by atoms with Crippen LogP contribution in [0.25, 0.3) is 22.2 Å². The third kappa shape index (κ3) is 4.60. The number of fused-ring (bicyclic) bond motifs is 1. The standard InChI is InChI=1S/C25H33N3O3/c1-16(2)31-18(4)14-28-23-13-20(21-12-17(3)25(29)27(5)15-21)6-7-22(23)26-24(28)19-8-10-30-11-9-19/h6-7,12-13,15-16,18-19H,8-11,14H2,1-5H3/t18-/m0/s1. The van der Waals surface area contributed by atoms with Gasteiger partial charge in [0.1, 0.15) is 5.82 Å². The van der Waals surface area contributed by atoms with Crippen LogP contribution in [0.1, 0.15) is 50.9 Å². The van der Waals surface area contributed by atoms with Crippen LogP contribution in [0.4, 0.5) is 0 Å². The lowest BCUT2D eigenvalue weighted by Gasteiger charge is -2.24. The molecule has 6 nitrogen and oxygen atoms in total. The van der Waals surface area contributed by atoms with E-state index in [2.05, 4.69) is 43.5 Å². The largest absolute Gasteiger partial charge is 0.381 e. The van der Waals surface area contributed by atoms with Gasteiger partial charge in [-0.2, -0.15) is 0 Å². The average molecular weight is 424 g/mol. The number of rotatable bonds is 6. The minimum Gasteiger partial charge on any atom is -0.381 e. The van der Waals surface area contributed by atoms with Crippen molar-refractivity contribution in [1.82, 2.24) is 14.1 Å². The SMILES string of the molecule is Cc1cc(-c2ccc3nc(C4CCOCC4)n(C[C@H](C)OC(C)C)c3c2)cn(C)c1=O. The zero-order valence-corrected chi connectivity index (χ0v) is 19.2. The Kier molecular flexibility index (Phi) is 6.30. The monoisotopic (exact) mass is 423 g/mol. The van der Waals surface area contributed by atoms with Gasteiger partial charge in [-0.3, -0.25) is 4.79 Å². The number of nitrogens with zero attached hydrogens (tertiary/aromatic N) is 3. The predicted octanol–water partition coefficient (Wildman–Crippen LogP) is 4.42. The molecule has 1 atom stereocenters. The Hall–Kier alpha value is -2.44. The molecule has 6 heteroatoms. The van der Waals surface area contributed by atoms with Gasteiger partial charge in [0.15, 0.2) is 0 Å². The summed E-state index contributed by atoms with van der Waals surface area (Å²) in [5.74, 6) is 1.53. The second kappa shape index (κ2) is 8.97. The van der Waals surface area contributed by atoms with Crippen LogP contribution in [-0.2, 0) is 23.1 Å². The van der Waals surface area contributed by atoms with Gasteiger partial charge in [-0.25, -0.2) is 4.98 Å². The Bertz CT molecular complexity index is 1100. The van der Waals surface area contributed by atoms with E-state index < -0.39 is 0 Å². The van der Waals surface area contributed by atoms with Gasteiger partial charge in [-0.05, 0) is 69.9 Å². The van der Waals surface area contributed by atoms with Crippen LogP contribution in [0.2, 0.25) is 0 Å². The second-order valence-corrected chi connectivity index (χ2v) is 8.99. The predicted molar refractivity (Wildman–Crippen MR) is 124 cm³/mol. The van der Waals surface area contributed by atoms with Gasteiger partial charge in [-0.1, -0.05) is 6.07 Å². The van der Waals surface area contributed by atoms with Crippen molar-refractivity contribution in [2.24, 2.45) is 7.05 Å². The van der Waals surface area contributed by atoms with Crippen molar-refractivity contribution in [2.75, 3.05) is 13.2 Å². The second-order valence-electron chi connectivity index (χ2n) is 8.99. The molecule has 1 aliphatic rings. The first kappa shape index (κ1) is 21.8. The van der Waals surface area contributed by atoms with Crippen molar-refractivity contribution >= 4 is 11.0 Å². The number of hydrogen-bond donors (Lipinski definition) is 0. The quantitative estimate of drug-likeness (QED) is 0.589. The number of aromatic nitrogens is 3. The molecule has 2 aromatic heterocycles. The molecule has 0 spiro atoms. The highest BCUT2D eigenvalue weighted by atomic mass is 16.5. The summed E-state index contributed by atoms with van der Waals surface area (Å²) in [4.78, 5) is 17.2. The number of hydrogen-bond acceptors (Lipinski definition) is 4. The van der Waals surface area contributed by atoms with Crippen LogP contribution >= 0.6 is 0 Å². The Morgan fingerprint density at radius 1 is 1.16 bits per heavy atom. The molecule has 0 aliphatic carbocycles. The van der Waals surface area contributed by atoms with Gasteiger partial charge in [0.05, 0.1) is 29.8 Å². The molecule has 0 N–H and O–H groups in total. The van der Waals surface area contributed by atoms with Crippen LogP contribution in [0, 0.1) is 6.92 Å². The highest BCUT2D eigenvalue weighted by Crippen LogP contribution is 2.32. The van der Waals surface area contributed by atoms with Crippen molar-refractivity contribution in [3.8, 4) is 11.1 Å². The maximum absolute atomic E-state index is 12.1. The lowest BCUT2D eigenvalue weighted by molar-refractivity contribution is 0.00923. The van der Waals surface area contributed by atoms with E-state index in [1.807, 2.05) is 19.2 Å². The lowest BCUT2D eigenvalue weighted by atomic mass is 9.99. The number of imidazole rings is 1. The summed E-state index contributed by atoms with van der Waals surface area (Å²) < 4.78 is 15.6. The summed E-state index contributed by atoms with van der Waals surface area (Å²) in [6.45, 7) is 10.5. The smallest absolute Gasteiger partial charge is 0.253 e. The van der Waals surface area contributed by atoms with Gasteiger partial charge < -0.3 is 18.6 Å². The van der Waals surface area contributed by atoms with E-state index in [4.69, 9.17) is 14.5 Å². The summed E-state index contributed by atoms with van der Waals surface area (Å²) in [5.41, 5.74) is 5.02. The fraction of sp³-hybridized carbons (Fsp3) is 0.520. The summed E-state index contributed by atoms with van der Waals surface area (Å²) in [6, 6.07) is 8.36. The zero-order valence-electron chi connectivity index (χ0n) is 19.2.